The number of piperidine rings is 1. The highest BCUT2D eigenvalue weighted by Crippen LogP contribution is 2.26. The quantitative estimate of drug-likeness (QED) is 0.594. The van der Waals surface area contributed by atoms with Crippen LogP contribution in [0.25, 0.3) is 10.8 Å². The van der Waals surface area contributed by atoms with Crippen LogP contribution >= 0.6 is 0 Å². The number of benzene rings is 3. The fourth-order valence-corrected chi connectivity index (χ4v) is 5.61. The first-order valence-corrected chi connectivity index (χ1v) is 12.3. The lowest BCUT2D eigenvalue weighted by atomic mass is 9.97. The monoisotopic (exact) mass is 452 g/mol. The summed E-state index contributed by atoms with van der Waals surface area (Å²) < 4.78 is 32.8. The van der Waals surface area contributed by atoms with Crippen LogP contribution in [0.1, 0.15) is 18.4 Å². The van der Waals surface area contributed by atoms with E-state index in [4.69, 9.17) is 4.74 Å². The molecule has 6 nitrogen and oxygen atoms in total. The molecule has 0 bridgehead atoms. The summed E-state index contributed by atoms with van der Waals surface area (Å²) in [6, 6.07) is 20.7. The number of nitrogens with one attached hydrogen (secondary N) is 1. The zero-order valence-electron chi connectivity index (χ0n) is 18.2. The van der Waals surface area contributed by atoms with E-state index in [0.717, 1.165) is 28.5 Å². The predicted molar refractivity (Wildman–Crippen MR) is 125 cm³/mol. The highest BCUT2D eigenvalue weighted by atomic mass is 32.2. The summed E-state index contributed by atoms with van der Waals surface area (Å²) in [5.41, 5.74) is 1.13. The first-order valence-electron chi connectivity index (χ1n) is 10.9. The second-order valence-electron chi connectivity index (χ2n) is 8.08. The van der Waals surface area contributed by atoms with Crippen molar-refractivity contribution >= 4 is 26.7 Å². The van der Waals surface area contributed by atoms with E-state index in [1.807, 2.05) is 54.6 Å². The number of hydrogen-bond acceptors (Lipinski definition) is 4. The zero-order chi connectivity index (χ0) is 22.6. The fourth-order valence-electron chi connectivity index (χ4n) is 4.10. The summed E-state index contributed by atoms with van der Waals surface area (Å²) >= 11 is 0. The lowest BCUT2D eigenvalue weighted by molar-refractivity contribution is -0.126. The lowest BCUT2D eigenvalue weighted by Crippen LogP contribution is -2.43. The fraction of sp³-hybridized carbons (Fsp3) is 0.320. The molecule has 0 aliphatic carbocycles. The van der Waals surface area contributed by atoms with Crippen LogP contribution in [-0.4, -0.2) is 45.4 Å². The molecule has 1 saturated heterocycles. The van der Waals surface area contributed by atoms with Crippen molar-refractivity contribution in [2.45, 2.75) is 24.2 Å². The molecule has 1 aliphatic heterocycles. The summed E-state index contributed by atoms with van der Waals surface area (Å²) in [5.74, 6) is 0.651. The van der Waals surface area contributed by atoms with Gasteiger partial charge in [0.2, 0.25) is 15.9 Å². The molecular formula is C25H28N2O4S. The number of carbonyl (C=O) groups excluding carboxylic acids is 1. The van der Waals surface area contributed by atoms with E-state index < -0.39 is 10.0 Å². The van der Waals surface area contributed by atoms with Crippen molar-refractivity contribution in [1.82, 2.24) is 9.62 Å². The van der Waals surface area contributed by atoms with E-state index in [1.54, 1.807) is 19.2 Å². The van der Waals surface area contributed by atoms with E-state index in [9.17, 15) is 13.2 Å². The van der Waals surface area contributed by atoms with Crippen molar-refractivity contribution in [3.8, 4) is 5.75 Å². The number of sulfonamides is 1. The van der Waals surface area contributed by atoms with Gasteiger partial charge >= 0.3 is 0 Å². The number of ether oxygens (including phenoxy) is 1. The van der Waals surface area contributed by atoms with Crippen molar-refractivity contribution < 1.29 is 17.9 Å². The molecule has 32 heavy (non-hydrogen) atoms. The van der Waals surface area contributed by atoms with Gasteiger partial charge in [0.05, 0.1) is 12.0 Å². The molecule has 1 N–H and O–H groups in total. The van der Waals surface area contributed by atoms with E-state index >= 15 is 0 Å². The molecule has 3 aromatic carbocycles. The van der Waals surface area contributed by atoms with Crippen LogP contribution in [0.15, 0.2) is 71.6 Å². The Labute approximate surface area is 189 Å². The van der Waals surface area contributed by atoms with Crippen molar-refractivity contribution in [3.05, 3.63) is 72.3 Å². The van der Waals surface area contributed by atoms with E-state index in [0.29, 0.717) is 37.4 Å². The van der Waals surface area contributed by atoms with Crippen LogP contribution < -0.4 is 10.1 Å². The Hall–Kier alpha value is -2.90. The first-order chi connectivity index (χ1) is 15.5. The third kappa shape index (κ3) is 4.95. The lowest BCUT2D eigenvalue weighted by Gasteiger charge is -2.30. The van der Waals surface area contributed by atoms with Crippen LogP contribution in [-0.2, 0) is 21.2 Å². The van der Waals surface area contributed by atoms with Crippen LogP contribution in [0.2, 0.25) is 0 Å². The predicted octanol–water partition coefficient (Wildman–Crippen LogP) is 3.61. The second-order valence-corrected chi connectivity index (χ2v) is 10.0. The first kappa shape index (κ1) is 22.3. The number of amides is 1. The van der Waals surface area contributed by atoms with Gasteiger partial charge in [0.15, 0.2) is 0 Å². The van der Waals surface area contributed by atoms with Gasteiger partial charge in [-0.2, -0.15) is 4.31 Å². The molecule has 0 atom stereocenters. The molecule has 0 unspecified atom stereocenters. The number of carbonyl (C=O) groups is 1. The van der Waals surface area contributed by atoms with Crippen molar-refractivity contribution in [2.24, 2.45) is 5.92 Å². The van der Waals surface area contributed by atoms with Gasteiger partial charge in [-0.15, -0.1) is 0 Å². The SMILES string of the molecule is COc1ccc(CCNC(=O)C2CCN(S(=O)(=O)c3ccc4ccccc4c3)CC2)cc1. The average molecular weight is 453 g/mol. The minimum absolute atomic E-state index is 0.00117. The second kappa shape index (κ2) is 9.71. The van der Waals surface area contributed by atoms with Crippen LogP contribution in [0.5, 0.6) is 5.75 Å². The van der Waals surface area contributed by atoms with Crippen LogP contribution in [0.4, 0.5) is 0 Å². The van der Waals surface area contributed by atoms with Crippen molar-refractivity contribution in [1.29, 1.82) is 0 Å². The van der Waals surface area contributed by atoms with Gasteiger partial charge in [-0.05, 0) is 59.9 Å². The normalized spacial score (nSPS) is 15.5. The Morgan fingerprint density at radius 1 is 1.00 bits per heavy atom. The van der Waals surface area contributed by atoms with E-state index in [1.165, 1.54) is 4.31 Å². The van der Waals surface area contributed by atoms with Gasteiger partial charge in [0.25, 0.3) is 0 Å². The summed E-state index contributed by atoms with van der Waals surface area (Å²) in [4.78, 5) is 12.9. The third-order valence-electron chi connectivity index (χ3n) is 6.06. The van der Waals surface area contributed by atoms with Crippen molar-refractivity contribution in [2.75, 3.05) is 26.7 Å². The molecule has 0 saturated carbocycles. The summed E-state index contributed by atoms with van der Waals surface area (Å²) in [6.07, 6.45) is 1.80. The Morgan fingerprint density at radius 2 is 1.69 bits per heavy atom. The number of hydrogen-bond donors (Lipinski definition) is 1. The molecule has 1 aliphatic rings. The van der Waals surface area contributed by atoms with Crippen LogP contribution in [0.3, 0.4) is 0 Å². The third-order valence-corrected chi connectivity index (χ3v) is 7.95. The van der Waals surface area contributed by atoms with Crippen LogP contribution in [0, 0.1) is 5.92 Å². The maximum Gasteiger partial charge on any atom is 0.243 e. The molecule has 1 fully saturated rings. The number of rotatable bonds is 7. The Bertz CT molecular complexity index is 1180. The molecular weight excluding hydrogens is 424 g/mol. The van der Waals surface area contributed by atoms with E-state index in [-0.39, 0.29) is 11.8 Å². The number of nitrogens with zero attached hydrogens (tertiary/aromatic N) is 1. The number of fused-ring (bicyclic) bond motifs is 1. The standard InChI is InChI=1S/C25H28N2O4S/c1-31-23-9-6-19(7-10-23)12-15-26-25(28)21-13-16-27(17-14-21)32(29,30)24-11-8-20-4-2-3-5-22(20)18-24/h2-11,18,21H,12-17H2,1H3,(H,26,28). The summed E-state index contributed by atoms with van der Waals surface area (Å²) in [7, 11) is -1.94. The molecule has 168 valence electrons. The minimum atomic E-state index is -3.57. The topological polar surface area (TPSA) is 75.7 Å². The van der Waals surface area contributed by atoms with E-state index in [2.05, 4.69) is 5.32 Å². The Morgan fingerprint density at radius 3 is 2.38 bits per heavy atom. The maximum atomic E-state index is 13.1. The zero-order valence-corrected chi connectivity index (χ0v) is 19.0. The number of methoxy groups -OCH3 is 1. The van der Waals surface area contributed by atoms with Crippen molar-refractivity contribution in [3.63, 3.8) is 0 Å². The molecule has 3 aromatic rings. The highest BCUT2D eigenvalue weighted by molar-refractivity contribution is 7.89. The Balaban J connectivity index is 1.30. The minimum Gasteiger partial charge on any atom is -0.497 e. The van der Waals surface area contributed by atoms with Gasteiger partial charge in [0.1, 0.15) is 5.75 Å². The average Bonchev–Trinajstić information content (AvgIpc) is 2.84. The van der Waals surface area contributed by atoms with Gasteiger partial charge in [-0.1, -0.05) is 42.5 Å². The van der Waals surface area contributed by atoms with Gasteiger partial charge < -0.3 is 10.1 Å². The van der Waals surface area contributed by atoms with Gasteiger partial charge in [-0.3, -0.25) is 4.79 Å². The molecule has 0 aromatic heterocycles. The highest BCUT2D eigenvalue weighted by Gasteiger charge is 2.32. The van der Waals surface area contributed by atoms with Gasteiger partial charge in [-0.25, -0.2) is 8.42 Å². The molecule has 4 rings (SSSR count). The smallest absolute Gasteiger partial charge is 0.243 e. The van der Waals surface area contributed by atoms with Gasteiger partial charge in [0, 0.05) is 25.6 Å². The summed E-state index contributed by atoms with van der Waals surface area (Å²) in [6.45, 7) is 1.26. The summed E-state index contributed by atoms with van der Waals surface area (Å²) in [5, 5.41) is 4.91. The largest absolute Gasteiger partial charge is 0.497 e. The molecule has 1 amide bonds. The molecule has 0 radical (unpaired) electrons. The molecule has 1 heterocycles. The Kier molecular flexibility index (Phi) is 6.77. The molecule has 7 heteroatoms. The molecule has 0 spiro atoms. The maximum absolute atomic E-state index is 13.1.